The molecule has 1 aromatic heterocycles. The van der Waals surface area contributed by atoms with Crippen LogP contribution < -0.4 is 5.43 Å². The molecule has 0 atom stereocenters. The molecule has 0 saturated heterocycles. The van der Waals surface area contributed by atoms with Gasteiger partial charge in [0, 0.05) is 5.39 Å². The molecule has 25 heavy (non-hydrogen) atoms. The lowest BCUT2D eigenvalue weighted by atomic mass is 10.1. The van der Waals surface area contributed by atoms with Gasteiger partial charge in [-0.25, -0.2) is 9.82 Å². The summed E-state index contributed by atoms with van der Waals surface area (Å²) in [6, 6.07) is 19.2. The second kappa shape index (κ2) is 6.20. The molecular formula is C20H13FN2O2. The van der Waals surface area contributed by atoms with Crippen molar-refractivity contribution >= 4 is 33.9 Å². The summed E-state index contributed by atoms with van der Waals surface area (Å²) in [6.07, 6.45) is 1.44. The zero-order valence-electron chi connectivity index (χ0n) is 13.1. The fourth-order valence-electron chi connectivity index (χ4n) is 2.67. The van der Waals surface area contributed by atoms with Crippen LogP contribution in [0.1, 0.15) is 16.1 Å². The highest BCUT2D eigenvalue weighted by atomic mass is 19.1. The molecule has 0 spiro atoms. The Morgan fingerprint density at radius 3 is 2.64 bits per heavy atom. The first-order valence-corrected chi connectivity index (χ1v) is 7.71. The van der Waals surface area contributed by atoms with Crippen LogP contribution in [0.2, 0.25) is 0 Å². The van der Waals surface area contributed by atoms with E-state index in [4.69, 9.17) is 4.42 Å². The number of nitrogens with zero attached hydrogens (tertiary/aromatic N) is 1. The van der Waals surface area contributed by atoms with Gasteiger partial charge in [-0.15, -0.1) is 0 Å². The molecule has 5 heteroatoms. The van der Waals surface area contributed by atoms with Crippen LogP contribution in [0.25, 0.3) is 21.7 Å². The van der Waals surface area contributed by atoms with Crippen LogP contribution in [0, 0.1) is 5.82 Å². The van der Waals surface area contributed by atoms with Crippen LogP contribution >= 0.6 is 0 Å². The molecule has 0 radical (unpaired) electrons. The molecule has 3 aromatic carbocycles. The van der Waals surface area contributed by atoms with Crippen LogP contribution in [-0.4, -0.2) is 12.1 Å². The highest BCUT2D eigenvalue weighted by Crippen LogP contribution is 2.28. The van der Waals surface area contributed by atoms with Crippen molar-refractivity contribution in [3.05, 3.63) is 83.9 Å². The largest absolute Gasteiger partial charge is 0.451 e. The number of carbonyl (C=O) groups excluding carboxylic acids is 1. The standard InChI is InChI=1S/C20H13FN2O2/c21-15-8-5-13(6-9-15)12-22-23-20(24)19-11-17-16-4-2-1-3-14(16)7-10-18(17)25-19/h1-12H,(H,23,24)/b22-12-. The molecule has 4 rings (SSSR count). The summed E-state index contributed by atoms with van der Waals surface area (Å²) in [5, 5.41) is 6.86. The smallest absolute Gasteiger partial charge is 0.307 e. The molecule has 0 unspecified atom stereocenters. The Morgan fingerprint density at radius 1 is 1.00 bits per heavy atom. The van der Waals surface area contributed by atoms with Crippen LogP contribution in [0.3, 0.4) is 0 Å². The van der Waals surface area contributed by atoms with E-state index in [1.807, 2.05) is 36.4 Å². The third-order valence-electron chi connectivity index (χ3n) is 3.90. The van der Waals surface area contributed by atoms with Crippen LogP contribution in [0.4, 0.5) is 4.39 Å². The maximum absolute atomic E-state index is 12.8. The van der Waals surface area contributed by atoms with E-state index in [1.54, 1.807) is 18.2 Å². The van der Waals surface area contributed by atoms with E-state index in [-0.39, 0.29) is 11.6 Å². The molecule has 1 N–H and O–H groups in total. The first kappa shape index (κ1) is 15.1. The number of halogens is 1. The van der Waals surface area contributed by atoms with Crippen molar-refractivity contribution in [3.8, 4) is 0 Å². The summed E-state index contributed by atoms with van der Waals surface area (Å²) in [5.74, 6) is -0.586. The number of furan rings is 1. The molecule has 0 saturated carbocycles. The minimum atomic E-state index is -0.446. The lowest BCUT2D eigenvalue weighted by Crippen LogP contribution is -2.16. The Balaban J connectivity index is 1.57. The fraction of sp³-hybridized carbons (Fsp3) is 0. The van der Waals surface area contributed by atoms with Gasteiger partial charge in [0.15, 0.2) is 5.76 Å². The predicted molar refractivity (Wildman–Crippen MR) is 95.2 cm³/mol. The van der Waals surface area contributed by atoms with E-state index in [9.17, 15) is 9.18 Å². The molecule has 0 aliphatic rings. The quantitative estimate of drug-likeness (QED) is 0.444. The number of carbonyl (C=O) groups is 1. The number of amides is 1. The lowest BCUT2D eigenvalue weighted by Gasteiger charge is -1.96. The lowest BCUT2D eigenvalue weighted by molar-refractivity contribution is 0.0929. The molecule has 1 heterocycles. The maximum atomic E-state index is 12.8. The van der Waals surface area contributed by atoms with Crippen LogP contribution in [0.5, 0.6) is 0 Å². The number of fused-ring (bicyclic) bond motifs is 3. The predicted octanol–water partition coefficient (Wildman–Crippen LogP) is 4.49. The summed E-state index contributed by atoms with van der Waals surface area (Å²) in [7, 11) is 0. The fourth-order valence-corrected chi connectivity index (χ4v) is 2.67. The summed E-state index contributed by atoms with van der Waals surface area (Å²) in [5.41, 5.74) is 3.74. The van der Waals surface area contributed by atoms with E-state index in [0.717, 1.165) is 16.2 Å². The first-order chi connectivity index (χ1) is 12.2. The zero-order valence-corrected chi connectivity index (χ0v) is 13.1. The van der Waals surface area contributed by atoms with E-state index < -0.39 is 5.91 Å². The molecular weight excluding hydrogens is 319 g/mol. The van der Waals surface area contributed by atoms with Gasteiger partial charge in [-0.05, 0) is 40.6 Å². The average molecular weight is 332 g/mol. The molecule has 122 valence electrons. The van der Waals surface area contributed by atoms with E-state index in [2.05, 4.69) is 10.5 Å². The number of hydrazone groups is 1. The van der Waals surface area contributed by atoms with E-state index in [1.165, 1.54) is 18.3 Å². The topological polar surface area (TPSA) is 54.6 Å². The Labute approximate surface area is 142 Å². The van der Waals surface area contributed by atoms with Crippen molar-refractivity contribution in [1.82, 2.24) is 5.43 Å². The normalized spacial score (nSPS) is 11.4. The van der Waals surface area contributed by atoms with Gasteiger partial charge < -0.3 is 4.42 Å². The van der Waals surface area contributed by atoms with Gasteiger partial charge in [-0.2, -0.15) is 5.10 Å². The van der Waals surface area contributed by atoms with Gasteiger partial charge in [-0.3, -0.25) is 4.79 Å². The van der Waals surface area contributed by atoms with Gasteiger partial charge >= 0.3 is 5.91 Å². The second-order valence-electron chi connectivity index (χ2n) is 5.56. The number of benzene rings is 3. The average Bonchev–Trinajstić information content (AvgIpc) is 3.08. The zero-order chi connectivity index (χ0) is 17.2. The Bertz CT molecular complexity index is 1100. The van der Waals surface area contributed by atoms with Crippen LogP contribution in [-0.2, 0) is 0 Å². The summed E-state index contributed by atoms with van der Waals surface area (Å²) in [6.45, 7) is 0. The van der Waals surface area contributed by atoms with Gasteiger partial charge in [0.1, 0.15) is 11.4 Å². The molecule has 4 nitrogen and oxygen atoms in total. The Hall–Kier alpha value is -3.47. The Kier molecular flexibility index (Phi) is 3.74. The second-order valence-corrected chi connectivity index (χ2v) is 5.56. The van der Waals surface area contributed by atoms with Crippen molar-refractivity contribution in [1.29, 1.82) is 0 Å². The Morgan fingerprint density at radius 2 is 1.80 bits per heavy atom. The number of hydrogen-bond acceptors (Lipinski definition) is 3. The van der Waals surface area contributed by atoms with Crippen LogP contribution in [0.15, 0.2) is 76.2 Å². The number of hydrogen-bond donors (Lipinski definition) is 1. The molecule has 0 aliphatic carbocycles. The summed E-state index contributed by atoms with van der Waals surface area (Å²) in [4.78, 5) is 12.2. The van der Waals surface area contributed by atoms with Crippen molar-refractivity contribution in [3.63, 3.8) is 0 Å². The summed E-state index contributed by atoms with van der Waals surface area (Å²) >= 11 is 0. The van der Waals surface area contributed by atoms with Gasteiger partial charge in [0.05, 0.1) is 6.21 Å². The van der Waals surface area contributed by atoms with Crippen molar-refractivity contribution in [2.75, 3.05) is 0 Å². The molecule has 0 bridgehead atoms. The first-order valence-electron chi connectivity index (χ1n) is 7.71. The third kappa shape index (κ3) is 2.99. The number of rotatable bonds is 3. The molecule has 1 amide bonds. The van der Waals surface area contributed by atoms with Gasteiger partial charge in [0.25, 0.3) is 0 Å². The minimum absolute atomic E-state index is 0.183. The highest BCUT2D eigenvalue weighted by Gasteiger charge is 2.13. The minimum Gasteiger partial charge on any atom is -0.451 e. The van der Waals surface area contributed by atoms with E-state index >= 15 is 0 Å². The third-order valence-corrected chi connectivity index (χ3v) is 3.90. The molecule has 4 aromatic rings. The van der Waals surface area contributed by atoms with Gasteiger partial charge in [0.2, 0.25) is 0 Å². The monoisotopic (exact) mass is 332 g/mol. The highest BCUT2D eigenvalue weighted by molar-refractivity contribution is 6.08. The van der Waals surface area contributed by atoms with E-state index in [0.29, 0.717) is 11.1 Å². The van der Waals surface area contributed by atoms with Crippen molar-refractivity contribution in [2.45, 2.75) is 0 Å². The number of nitrogens with one attached hydrogen (secondary N) is 1. The maximum Gasteiger partial charge on any atom is 0.307 e. The SMILES string of the molecule is O=C(N/N=C\c1ccc(F)cc1)c1cc2c(ccc3ccccc32)o1. The van der Waals surface area contributed by atoms with Crippen molar-refractivity contribution < 1.29 is 13.6 Å². The summed E-state index contributed by atoms with van der Waals surface area (Å²) < 4.78 is 18.5. The van der Waals surface area contributed by atoms with Gasteiger partial charge in [-0.1, -0.05) is 42.5 Å². The molecule has 0 aliphatic heterocycles. The molecule has 0 fully saturated rings. The van der Waals surface area contributed by atoms with Crippen molar-refractivity contribution in [2.24, 2.45) is 5.10 Å².